The van der Waals surface area contributed by atoms with Crippen LogP contribution in [0.4, 0.5) is 0 Å². The molecule has 0 unspecified atom stereocenters. The van der Waals surface area contributed by atoms with E-state index in [1.54, 1.807) is 7.11 Å². The first-order chi connectivity index (χ1) is 14.0. The second-order valence-electron chi connectivity index (χ2n) is 6.67. The number of rotatable bonds is 5. The van der Waals surface area contributed by atoms with Crippen molar-refractivity contribution in [2.24, 2.45) is 0 Å². The zero-order valence-electron chi connectivity index (χ0n) is 16.3. The van der Waals surface area contributed by atoms with Crippen molar-refractivity contribution in [3.05, 3.63) is 59.7 Å². The van der Waals surface area contributed by atoms with E-state index in [2.05, 4.69) is 17.2 Å². The van der Waals surface area contributed by atoms with Crippen LogP contribution in [0.25, 0.3) is 0 Å². The van der Waals surface area contributed by atoms with Crippen LogP contribution < -0.4 is 10.1 Å². The fourth-order valence-corrected chi connectivity index (χ4v) is 4.66. The van der Waals surface area contributed by atoms with Gasteiger partial charge in [-0.2, -0.15) is 4.31 Å². The number of methoxy groups -OCH3 is 1. The molecule has 0 radical (unpaired) electrons. The lowest BCUT2D eigenvalue weighted by molar-refractivity contribution is 0.0958. The van der Waals surface area contributed by atoms with Crippen molar-refractivity contribution in [2.75, 3.05) is 26.7 Å². The zero-order chi connectivity index (χ0) is 20.7. The Bertz CT molecular complexity index is 1010. The van der Waals surface area contributed by atoms with Crippen LogP contribution in [0, 0.1) is 11.8 Å². The molecule has 0 atom stereocenters. The summed E-state index contributed by atoms with van der Waals surface area (Å²) < 4.78 is 32.1. The smallest absolute Gasteiger partial charge is 0.252 e. The standard InChI is InChI=1S/C22H24N2O4S/c1-28-21-10-4-3-8-18(21)9-7-15-23-22(25)19-11-13-20(14-12-19)29(26,27)24-16-5-2-6-17-24/h3-4,8,10-14H,2,5-6,15-17H2,1H3,(H,23,25). The Morgan fingerprint density at radius 3 is 2.45 bits per heavy atom. The van der Waals surface area contributed by atoms with Crippen LogP contribution >= 0.6 is 0 Å². The largest absolute Gasteiger partial charge is 0.495 e. The second-order valence-corrected chi connectivity index (χ2v) is 8.61. The van der Waals surface area contributed by atoms with Gasteiger partial charge in [0.15, 0.2) is 0 Å². The molecule has 1 fully saturated rings. The quantitative estimate of drug-likeness (QED) is 0.766. The van der Waals surface area contributed by atoms with Crippen molar-refractivity contribution in [1.29, 1.82) is 0 Å². The maximum absolute atomic E-state index is 12.7. The maximum Gasteiger partial charge on any atom is 0.252 e. The number of hydrogen-bond acceptors (Lipinski definition) is 4. The molecule has 0 aromatic heterocycles. The Balaban J connectivity index is 1.60. The molecule has 0 bridgehead atoms. The number of sulfonamides is 1. The van der Waals surface area contributed by atoms with Gasteiger partial charge < -0.3 is 10.1 Å². The number of nitrogens with zero attached hydrogens (tertiary/aromatic N) is 1. The number of carbonyl (C=O) groups excluding carboxylic acids is 1. The van der Waals surface area contributed by atoms with E-state index in [9.17, 15) is 13.2 Å². The molecule has 3 rings (SSSR count). The van der Waals surface area contributed by atoms with E-state index in [1.807, 2.05) is 24.3 Å². The van der Waals surface area contributed by atoms with Crippen LogP contribution in [0.3, 0.4) is 0 Å². The first kappa shape index (κ1) is 20.9. The summed E-state index contributed by atoms with van der Waals surface area (Å²) >= 11 is 0. The van der Waals surface area contributed by atoms with Crippen LogP contribution in [0.2, 0.25) is 0 Å². The highest BCUT2D eigenvalue weighted by Crippen LogP contribution is 2.21. The predicted molar refractivity (Wildman–Crippen MR) is 111 cm³/mol. The molecular formula is C22H24N2O4S. The van der Waals surface area contributed by atoms with E-state index in [-0.39, 0.29) is 17.3 Å². The summed E-state index contributed by atoms with van der Waals surface area (Å²) in [6.07, 6.45) is 2.83. The van der Waals surface area contributed by atoms with E-state index >= 15 is 0 Å². The number of ether oxygens (including phenoxy) is 1. The fourth-order valence-electron chi connectivity index (χ4n) is 3.15. The molecule has 0 spiro atoms. The highest BCUT2D eigenvalue weighted by Gasteiger charge is 2.25. The highest BCUT2D eigenvalue weighted by molar-refractivity contribution is 7.89. The van der Waals surface area contributed by atoms with Gasteiger partial charge in [0.25, 0.3) is 5.91 Å². The highest BCUT2D eigenvalue weighted by atomic mass is 32.2. The van der Waals surface area contributed by atoms with Crippen LogP contribution in [0.15, 0.2) is 53.4 Å². The Morgan fingerprint density at radius 2 is 1.76 bits per heavy atom. The van der Waals surface area contributed by atoms with Crippen molar-refractivity contribution < 1.29 is 17.9 Å². The summed E-state index contributed by atoms with van der Waals surface area (Å²) in [5, 5.41) is 2.72. The number of amides is 1. The topological polar surface area (TPSA) is 75.7 Å². The molecule has 1 saturated heterocycles. The first-order valence-corrected chi connectivity index (χ1v) is 11.0. The number of carbonyl (C=O) groups is 1. The van der Waals surface area contributed by atoms with E-state index in [4.69, 9.17) is 4.74 Å². The molecule has 1 amide bonds. The van der Waals surface area contributed by atoms with Crippen molar-refractivity contribution >= 4 is 15.9 Å². The molecule has 29 heavy (non-hydrogen) atoms. The van der Waals surface area contributed by atoms with Gasteiger partial charge in [-0.1, -0.05) is 30.4 Å². The monoisotopic (exact) mass is 412 g/mol. The summed E-state index contributed by atoms with van der Waals surface area (Å²) in [5.74, 6) is 6.23. The minimum atomic E-state index is -3.50. The third-order valence-corrected chi connectivity index (χ3v) is 6.65. The SMILES string of the molecule is COc1ccccc1C#CCNC(=O)c1ccc(S(=O)(=O)N2CCCCC2)cc1. The van der Waals surface area contributed by atoms with E-state index in [1.165, 1.54) is 28.6 Å². The molecule has 1 aliphatic heterocycles. The molecule has 2 aromatic carbocycles. The molecule has 7 heteroatoms. The van der Waals surface area contributed by atoms with Gasteiger partial charge >= 0.3 is 0 Å². The average Bonchev–Trinajstić information content (AvgIpc) is 2.77. The number of benzene rings is 2. The fraction of sp³-hybridized carbons (Fsp3) is 0.318. The summed E-state index contributed by atoms with van der Waals surface area (Å²) in [6, 6.07) is 13.4. The lowest BCUT2D eigenvalue weighted by atomic mass is 10.2. The van der Waals surface area contributed by atoms with Gasteiger partial charge in [-0.05, 0) is 49.2 Å². The van der Waals surface area contributed by atoms with Crippen LogP contribution in [0.5, 0.6) is 5.75 Å². The molecule has 1 N–H and O–H groups in total. The number of piperidine rings is 1. The van der Waals surface area contributed by atoms with Crippen molar-refractivity contribution in [3.63, 3.8) is 0 Å². The molecule has 1 heterocycles. The van der Waals surface area contributed by atoms with E-state index in [0.29, 0.717) is 24.4 Å². The Hall–Kier alpha value is -2.82. The van der Waals surface area contributed by atoms with Crippen molar-refractivity contribution in [2.45, 2.75) is 24.2 Å². The van der Waals surface area contributed by atoms with Gasteiger partial charge in [-0.3, -0.25) is 4.79 Å². The van der Waals surface area contributed by atoms with Gasteiger partial charge in [0, 0.05) is 18.7 Å². The summed E-state index contributed by atoms with van der Waals surface area (Å²) in [5.41, 5.74) is 1.14. The molecule has 0 aliphatic carbocycles. The maximum atomic E-state index is 12.7. The average molecular weight is 413 g/mol. The zero-order valence-corrected chi connectivity index (χ0v) is 17.2. The molecule has 0 saturated carbocycles. The minimum absolute atomic E-state index is 0.171. The van der Waals surface area contributed by atoms with Crippen LogP contribution in [0.1, 0.15) is 35.2 Å². The Kier molecular flexibility index (Phi) is 6.91. The van der Waals surface area contributed by atoms with Gasteiger partial charge in [0.05, 0.1) is 24.1 Å². The van der Waals surface area contributed by atoms with Gasteiger partial charge in [-0.25, -0.2) is 8.42 Å². The third kappa shape index (κ3) is 5.17. The van der Waals surface area contributed by atoms with Crippen LogP contribution in [-0.4, -0.2) is 45.4 Å². The molecule has 2 aromatic rings. The molecule has 1 aliphatic rings. The Labute approximate surface area is 171 Å². The minimum Gasteiger partial charge on any atom is -0.495 e. The third-order valence-electron chi connectivity index (χ3n) is 4.74. The summed E-state index contributed by atoms with van der Waals surface area (Å²) in [4.78, 5) is 12.5. The number of nitrogens with one attached hydrogen (secondary N) is 1. The number of hydrogen-bond donors (Lipinski definition) is 1. The summed E-state index contributed by atoms with van der Waals surface area (Å²) in [6.45, 7) is 1.27. The van der Waals surface area contributed by atoms with Crippen molar-refractivity contribution in [3.8, 4) is 17.6 Å². The summed E-state index contributed by atoms with van der Waals surface area (Å²) in [7, 11) is -1.91. The van der Waals surface area contributed by atoms with Gasteiger partial charge in [-0.15, -0.1) is 0 Å². The second kappa shape index (κ2) is 9.59. The number of para-hydroxylation sites is 1. The van der Waals surface area contributed by atoms with Crippen LogP contribution in [-0.2, 0) is 10.0 Å². The molecule has 152 valence electrons. The van der Waals surface area contributed by atoms with Gasteiger partial charge in [0.1, 0.15) is 5.75 Å². The van der Waals surface area contributed by atoms with E-state index < -0.39 is 10.0 Å². The lowest BCUT2D eigenvalue weighted by Crippen LogP contribution is -2.35. The molecular weight excluding hydrogens is 388 g/mol. The van der Waals surface area contributed by atoms with E-state index in [0.717, 1.165) is 24.8 Å². The predicted octanol–water partition coefficient (Wildman–Crippen LogP) is 2.65. The normalized spacial score (nSPS) is 14.5. The molecule has 6 nitrogen and oxygen atoms in total. The lowest BCUT2D eigenvalue weighted by Gasteiger charge is -2.25. The van der Waals surface area contributed by atoms with Gasteiger partial charge in [0.2, 0.25) is 10.0 Å². The Morgan fingerprint density at radius 1 is 1.07 bits per heavy atom. The van der Waals surface area contributed by atoms with Crippen molar-refractivity contribution in [1.82, 2.24) is 9.62 Å². The first-order valence-electron chi connectivity index (χ1n) is 9.52.